The molecule has 0 bridgehead atoms. The van der Waals surface area contributed by atoms with Gasteiger partial charge in [-0.2, -0.15) is 0 Å². The van der Waals surface area contributed by atoms with Gasteiger partial charge in [-0.15, -0.1) is 0 Å². The van der Waals surface area contributed by atoms with Crippen LogP contribution in [0.5, 0.6) is 5.75 Å². The number of rotatable bonds is 6. The maximum Gasteiger partial charge on any atom is 0.127 e. The van der Waals surface area contributed by atoms with E-state index in [2.05, 4.69) is 10.2 Å². The Bertz CT molecular complexity index is 422. The van der Waals surface area contributed by atoms with Gasteiger partial charge in [0.2, 0.25) is 0 Å². The van der Waals surface area contributed by atoms with Gasteiger partial charge < -0.3 is 14.8 Å². The van der Waals surface area contributed by atoms with Gasteiger partial charge in [0, 0.05) is 37.3 Å². The Hall–Kier alpha value is -1.17. The summed E-state index contributed by atoms with van der Waals surface area (Å²) in [5.41, 5.74) is 0.982. The van der Waals surface area contributed by atoms with Crippen LogP contribution in [0.25, 0.3) is 0 Å². The molecule has 0 aromatic heterocycles. The molecule has 112 valence electrons. The number of halogens is 1. The van der Waals surface area contributed by atoms with E-state index in [1.807, 2.05) is 14.0 Å². The molecule has 20 heavy (non-hydrogen) atoms. The molecule has 1 fully saturated rings. The fourth-order valence-corrected chi connectivity index (χ4v) is 2.26. The Kier molecular flexibility index (Phi) is 5.76. The summed E-state index contributed by atoms with van der Waals surface area (Å²) in [6, 6.07) is 4.84. The molecule has 0 amide bonds. The highest BCUT2D eigenvalue weighted by Crippen LogP contribution is 2.25. The topological polar surface area (TPSA) is 33.7 Å². The van der Waals surface area contributed by atoms with Crippen molar-refractivity contribution >= 4 is 0 Å². The zero-order valence-electron chi connectivity index (χ0n) is 12.2. The van der Waals surface area contributed by atoms with Crippen LogP contribution in [0.15, 0.2) is 18.2 Å². The van der Waals surface area contributed by atoms with Gasteiger partial charge in [0.1, 0.15) is 18.2 Å². The van der Waals surface area contributed by atoms with Crippen LogP contribution in [0, 0.1) is 5.82 Å². The second kappa shape index (κ2) is 7.57. The SMILES string of the molecule is CNC(C)c1ccc(F)cc1OCCN1CCOCC1. The van der Waals surface area contributed by atoms with E-state index in [1.165, 1.54) is 12.1 Å². The van der Waals surface area contributed by atoms with E-state index < -0.39 is 0 Å². The minimum atomic E-state index is -0.265. The maximum atomic E-state index is 13.4. The van der Waals surface area contributed by atoms with Gasteiger partial charge >= 0.3 is 0 Å². The zero-order chi connectivity index (χ0) is 14.4. The predicted octanol–water partition coefficient (Wildman–Crippen LogP) is 1.82. The molecule has 0 spiro atoms. The van der Waals surface area contributed by atoms with Crippen LogP contribution in [0.2, 0.25) is 0 Å². The van der Waals surface area contributed by atoms with Crippen molar-refractivity contribution < 1.29 is 13.9 Å². The first-order chi connectivity index (χ1) is 9.70. The molecular formula is C15H23FN2O2. The molecule has 1 aromatic carbocycles. The standard InChI is InChI=1S/C15H23FN2O2/c1-12(17-2)14-4-3-13(16)11-15(14)20-10-7-18-5-8-19-9-6-18/h3-4,11-12,17H,5-10H2,1-2H3. The van der Waals surface area contributed by atoms with Crippen LogP contribution in [0.1, 0.15) is 18.5 Å². The van der Waals surface area contributed by atoms with Crippen LogP contribution in [-0.4, -0.2) is 51.4 Å². The second-order valence-corrected chi connectivity index (χ2v) is 4.99. The average Bonchev–Trinajstić information content (AvgIpc) is 2.48. The molecule has 1 saturated heterocycles. The molecule has 0 saturated carbocycles. The summed E-state index contributed by atoms with van der Waals surface area (Å²) in [6.07, 6.45) is 0. The van der Waals surface area contributed by atoms with E-state index in [9.17, 15) is 4.39 Å². The lowest BCUT2D eigenvalue weighted by atomic mass is 10.1. The van der Waals surface area contributed by atoms with Crippen molar-refractivity contribution in [3.05, 3.63) is 29.6 Å². The van der Waals surface area contributed by atoms with Crippen LogP contribution in [0.4, 0.5) is 4.39 Å². The second-order valence-electron chi connectivity index (χ2n) is 4.99. The number of ether oxygens (including phenoxy) is 2. The summed E-state index contributed by atoms with van der Waals surface area (Å²) in [5.74, 6) is 0.360. The fourth-order valence-electron chi connectivity index (χ4n) is 2.26. The smallest absolute Gasteiger partial charge is 0.127 e. The molecule has 1 N–H and O–H groups in total. The Morgan fingerprint density at radius 3 is 2.85 bits per heavy atom. The van der Waals surface area contributed by atoms with Crippen molar-refractivity contribution in [3.63, 3.8) is 0 Å². The molecule has 1 aliphatic heterocycles. The summed E-state index contributed by atoms with van der Waals surface area (Å²) in [5, 5.41) is 3.15. The van der Waals surface area contributed by atoms with Crippen LogP contribution in [-0.2, 0) is 4.74 Å². The van der Waals surface area contributed by atoms with Crippen molar-refractivity contribution in [2.45, 2.75) is 13.0 Å². The van der Waals surface area contributed by atoms with E-state index in [0.29, 0.717) is 12.4 Å². The molecule has 1 atom stereocenters. The lowest BCUT2D eigenvalue weighted by Gasteiger charge is -2.26. The van der Waals surface area contributed by atoms with Crippen LogP contribution >= 0.6 is 0 Å². The summed E-state index contributed by atoms with van der Waals surface area (Å²) < 4.78 is 24.5. The van der Waals surface area contributed by atoms with Gasteiger partial charge in [-0.25, -0.2) is 4.39 Å². The first-order valence-electron chi connectivity index (χ1n) is 7.10. The summed E-state index contributed by atoms with van der Waals surface area (Å²) in [7, 11) is 1.88. The van der Waals surface area contributed by atoms with Crippen molar-refractivity contribution in [1.82, 2.24) is 10.2 Å². The van der Waals surface area contributed by atoms with Gasteiger partial charge in [0.15, 0.2) is 0 Å². The predicted molar refractivity (Wildman–Crippen MR) is 76.6 cm³/mol. The summed E-state index contributed by atoms with van der Waals surface area (Å²) in [4.78, 5) is 2.30. The zero-order valence-corrected chi connectivity index (χ0v) is 12.2. The molecule has 4 nitrogen and oxygen atoms in total. The number of morpholine rings is 1. The Morgan fingerprint density at radius 2 is 2.15 bits per heavy atom. The van der Waals surface area contributed by atoms with E-state index >= 15 is 0 Å². The molecule has 1 aromatic rings. The van der Waals surface area contributed by atoms with Gasteiger partial charge in [-0.3, -0.25) is 4.90 Å². The van der Waals surface area contributed by atoms with Crippen molar-refractivity contribution in [2.24, 2.45) is 0 Å². The molecule has 5 heteroatoms. The quantitative estimate of drug-likeness (QED) is 0.863. The van der Waals surface area contributed by atoms with E-state index in [1.54, 1.807) is 6.07 Å². The largest absolute Gasteiger partial charge is 0.492 e. The van der Waals surface area contributed by atoms with Gasteiger partial charge in [0.25, 0.3) is 0 Å². The third-order valence-electron chi connectivity index (χ3n) is 3.64. The highest BCUT2D eigenvalue weighted by atomic mass is 19.1. The Labute approximate surface area is 119 Å². The van der Waals surface area contributed by atoms with Crippen molar-refractivity contribution in [1.29, 1.82) is 0 Å². The lowest BCUT2D eigenvalue weighted by molar-refractivity contribution is 0.0321. The molecular weight excluding hydrogens is 259 g/mol. The van der Waals surface area contributed by atoms with Crippen LogP contribution in [0.3, 0.4) is 0 Å². The van der Waals surface area contributed by atoms with E-state index in [0.717, 1.165) is 38.4 Å². The number of hydrogen-bond donors (Lipinski definition) is 1. The normalized spacial score (nSPS) is 17.9. The first kappa shape index (κ1) is 15.2. The monoisotopic (exact) mass is 282 g/mol. The molecule has 1 heterocycles. The molecule has 0 aliphatic carbocycles. The Balaban J connectivity index is 1.92. The van der Waals surface area contributed by atoms with Crippen molar-refractivity contribution in [3.8, 4) is 5.75 Å². The van der Waals surface area contributed by atoms with Gasteiger partial charge in [-0.1, -0.05) is 6.07 Å². The number of nitrogens with zero attached hydrogens (tertiary/aromatic N) is 1. The maximum absolute atomic E-state index is 13.4. The van der Waals surface area contributed by atoms with E-state index in [4.69, 9.17) is 9.47 Å². The third-order valence-corrected chi connectivity index (χ3v) is 3.64. The minimum Gasteiger partial charge on any atom is -0.492 e. The highest BCUT2D eigenvalue weighted by Gasteiger charge is 2.13. The average molecular weight is 282 g/mol. The van der Waals surface area contributed by atoms with E-state index in [-0.39, 0.29) is 11.9 Å². The molecule has 2 rings (SSSR count). The lowest BCUT2D eigenvalue weighted by Crippen LogP contribution is -2.38. The number of nitrogens with one attached hydrogen (secondary N) is 1. The van der Waals surface area contributed by atoms with Crippen LogP contribution < -0.4 is 10.1 Å². The van der Waals surface area contributed by atoms with Crippen molar-refractivity contribution in [2.75, 3.05) is 46.5 Å². The summed E-state index contributed by atoms with van der Waals surface area (Å²) in [6.45, 7) is 6.87. The molecule has 1 aliphatic rings. The fraction of sp³-hybridized carbons (Fsp3) is 0.600. The van der Waals surface area contributed by atoms with Gasteiger partial charge in [-0.05, 0) is 20.0 Å². The summed E-state index contributed by atoms with van der Waals surface area (Å²) >= 11 is 0. The minimum absolute atomic E-state index is 0.133. The number of benzene rings is 1. The first-order valence-corrected chi connectivity index (χ1v) is 7.10. The highest BCUT2D eigenvalue weighted by molar-refractivity contribution is 5.36. The third kappa shape index (κ3) is 4.16. The Morgan fingerprint density at radius 1 is 1.40 bits per heavy atom. The molecule has 1 unspecified atom stereocenters. The van der Waals surface area contributed by atoms with Gasteiger partial charge in [0.05, 0.1) is 13.2 Å². The molecule has 0 radical (unpaired) electrons. The number of hydrogen-bond acceptors (Lipinski definition) is 4.